The maximum absolute atomic E-state index is 6.05. The molecule has 1 aliphatic carbocycles. The number of fused-ring (bicyclic) bond motifs is 1. The van der Waals surface area contributed by atoms with E-state index in [-0.39, 0.29) is 0 Å². The van der Waals surface area contributed by atoms with Crippen LogP contribution in [-0.2, 0) is 13.0 Å². The van der Waals surface area contributed by atoms with Crippen LogP contribution in [0.2, 0.25) is 0 Å². The highest BCUT2D eigenvalue weighted by Gasteiger charge is 2.30. The molecule has 1 atom stereocenters. The van der Waals surface area contributed by atoms with E-state index < -0.39 is 0 Å². The molecule has 19 heavy (non-hydrogen) atoms. The van der Waals surface area contributed by atoms with E-state index in [2.05, 4.69) is 29.2 Å². The van der Waals surface area contributed by atoms with Crippen molar-refractivity contribution in [3.63, 3.8) is 0 Å². The summed E-state index contributed by atoms with van der Waals surface area (Å²) in [4.78, 5) is 2.72. The summed E-state index contributed by atoms with van der Waals surface area (Å²) in [5.41, 5.74) is 9.10. The van der Waals surface area contributed by atoms with Crippen LogP contribution >= 0.6 is 0 Å². The molecule has 1 aliphatic heterocycles. The lowest BCUT2D eigenvalue weighted by atomic mass is 9.91. The lowest BCUT2D eigenvalue weighted by Gasteiger charge is -2.41. The predicted molar refractivity (Wildman–Crippen MR) is 80.0 cm³/mol. The number of rotatable bonds is 2. The van der Waals surface area contributed by atoms with Crippen molar-refractivity contribution >= 4 is 0 Å². The van der Waals surface area contributed by atoms with Crippen LogP contribution in [0.3, 0.4) is 0 Å². The summed E-state index contributed by atoms with van der Waals surface area (Å²) >= 11 is 0. The molecule has 1 fully saturated rings. The second-order valence-electron chi connectivity index (χ2n) is 6.18. The fraction of sp³-hybridized carbons (Fsp3) is 0.647. The summed E-state index contributed by atoms with van der Waals surface area (Å²) in [6.45, 7) is 1.91. The highest BCUT2D eigenvalue weighted by Crippen LogP contribution is 2.30. The van der Waals surface area contributed by atoms with Crippen molar-refractivity contribution in [3.8, 4) is 0 Å². The van der Waals surface area contributed by atoms with E-state index in [0.29, 0.717) is 6.04 Å². The quantitative estimate of drug-likeness (QED) is 0.826. The Morgan fingerprint density at radius 2 is 1.68 bits per heavy atom. The van der Waals surface area contributed by atoms with Crippen LogP contribution in [0.1, 0.15) is 49.7 Å². The van der Waals surface area contributed by atoms with E-state index in [1.165, 1.54) is 49.7 Å². The van der Waals surface area contributed by atoms with Crippen LogP contribution in [0.4, 0.5) is 0 Å². The molecular weight excluding hydrogens is 232 g/mol. The Morgan fingerprint density at radius 3 is 2.37 bits per heavy atom. The molecule has 0 aromatic heterocycles. The lowest BCUT2D eigenvalue weighted by molar-refractivity contribution is 0.104. The molecule has 2 heteroatoms. The molecule has 0 spiro atoms. The Labute approximate surface area is 117 Å². The third-order valence-corrected chi connectivity index (χ3v) is 4.96. The number of benzene rings is 1. The maximum atomic E-state index is 6.05. The standard InChI is InChI=1S/C17H26N2/c18-12-17-11-14-7-5-6-8-15(14)13-19(17)16-9-3-1-2-4-10-16/h5-8,16-17H,1-4,9-13,18H2. The van der Waals surface area contributed by atoms with Gasteiger partial charge in [0.05, 0.1) is 0 Å². The molecule has 1 unspecified atom stereocenters. The molecule has 0 amide bonds. The highest BCUT2D eigenvalue weighted by atomic mass is 15.2. The molecule has 0 radical (unpaired) electrons. The number of hydrogen-bond acceptors (Lipinski definition) is 2. The van der Waals surface area contributed by atoms with E-state index in [4.69, 9.17) is 5.73 Å². The topological polar surface area (TPSA) is 29.3 Å². The van der Waals surface area contributed by atoms with Gasteiger partial charge in [-0.1, -0.05) is 49.9 Å². The number of nitrogens with zero attached hydrogens (tertiary/aromatic N) is 1. The van der Waals surface area contributed by atoms with E-state index in [1.807, 2.05) is 0 Å². The first-order chi connectivity index (χ1) is 9.38. The van der Waals surface area contributed by atoms with Crippen LogP contribution < -0.4 is 5.73 Å². The molecule has 104 valence electrons. The van der Waals surface area contributed by atoms with Crippen molar-refractivity contribution in [2.45, 2.75) is 63.6 Å². The molecule has 3 rings (SSSR count). The van der Waals surface area contributed by atoms with Gasteiger partial charge in [0.2, 0.25) is 0 Å². The average Bonchev–Trinajstić information content (AvgIpc) is 2.74. The van der Waals surface area contributed by atoms with E-state index in [1.54, 1.807) is 0 Å². The van der Waals surface area contributed by atoms with Crippen molar-refractivity contribution in [2.75, 3.05) is 6.54 Å². The Hall–Kier alpha value is -0.860. The molecule has 1 aromatic carbocycles. The smallest absolute Gasteiger partial charge is 0.0265 e. The Morgan fingerprint density at radius 1 is 1.00 bits per heavy atom. The molecule has 2 aliphatic rings. The molecule has 0 bridgehead atoms. The summed E-state index contributed by atoms with van der Waals surface area (Å²) in [5.74, 6) is 0. The summed E-state index contributed by atoms with van der Waals surface area (Å²) in [6, 6.07) is 10.2. The zero-order valence-corrected chi connectivity index (χ0v) is 11.9. The highest BCUT2D eigenvalue weighted by molar-refractivity contribution is 5.30. The van der Waals surface area contributed by atoms with Crippen molar-refractivity contribution in [3.05, 3.63) is 35.4 Å². The molecule has 1 aromatic rings. The summed E-state index contributed by atoms with van der Waals surface area (Å²) in [6.07, 6.45) is 9.54. The third-order valence-electron chi connectivity index (χ3n) is 4.96. The zero-order chi connectivity index (χ0) is 13.1. The SMILES string of the molecule is NCC1Cc2ccccc2CN1C1CCCCCC1. The average molecular weight is 258 g/mol. The molecule has 2 nitrogen and oxygen atoms in total. The van der Waals surface area contributed by atoms with Gasteiger partial charge in [-0.3, -0.25) is 4.90 Å². The van der Waals surface area contributed by atoms with Crippen LogP contribution in [0.25, 0.3) is 0 Å². The van der Waals surface area contributed by atoms with E-state index in [9.17, 15) is 0 Å². The first kappa shape index (κ1) is 13.1. The van der Waals surface area contributed by atoms with Crippen LogP contribution in [-0.4, -0.2) is 23.5 Å². The second kappa shape index (κ2) is 6.06. The monoisotopic (exact) mass is 258 g/mol. The predicted octanol–water partition coefficient (Wildman–Crippen LogP) is 3.09. The molecule has 1 heterocycles. The van der Waals surface area contributed by atoms with E-state index >= 15 is 0 Å². The third kappa shape index (κ3) is 2.85. The van der Waals surface area contributed by atoms with Gasteiger partial charge in [0.1, 0.15) is 0 Å². The first-order valence-corrected chi connectivity index (χ1v) is 7.91. The van der Waals surface area contributed by atoms with Crippen LogP contribution in [0.5, 0.6) is 0 Å². The Bertz CT molecular complexity index is 407. The van der Waals surface area contributed by atoms with Crippen molar-refractivity contribution in [2.24, 2.45) is 5.73 Å². The van der Waals surface area contributed by atoms with Gasteiger partial charge in [-0.05, 0) is 30.4 Å². The normalized spacial score (nSPS) is 25.8. The number of hydrogen-bond donors (Lipinski definition) is 1. The van der Waals surface area contributed by atoms with Crippen molar-refractivity contribution in [1.82, 2.24) is 4.90 Å². The minimum Gasteiger partial charge on any atom is -0.329 e. The van der Waals surface area contributed by atoms with Crippen LogP contribution in [0.15, 0.2) is 24.3 Å². The van der Waals surface area contributed by atoms with Gasteiger partial charge < -0.3 is 5.73 Å². The minimum atomic E-state index is 0.554. The molecule has 0 saturated heterocycles. The van der Waals surface area contributed by atoms with Crippen molar-refractivity contribution < 1.29 is 0 Å². The Balaban J connectivity index is 1.80. The van der Waals surface area contributed by atoms with Gasteiger partial charge in [0, 0.05) is 25.2 Å². The van der Waals surface area contributed by atoms with Gasteiger partial charge in [-0.2, -0.15) is 0 Å². The Kier molecular flexibility index (Phi) is 4.19. The first-order valence-electron chi connectivity index (χ1n) is 7.91. The minimum absolute atomic E-state index is 0.554. The summed E-state index contributed by atoms with van der Waals surface area (Å²) in [5, 5.41) is 0. The van der Waals surface area contributed by atoms with Gasteiger partial charge in [-0.15, -0.1) is 0 Å². The molecule has 1 saturated carbocycles. The fourth-order valence-corrected chi connectivity index (χ4v) is 3.84. The van der Waals surface area contributed by atoms with Crippen molar-refractivity contribution in [1.29, 1.82) is 0 Å². The zero-order valence-electron chi connectivity index (χ0n) is 11.9. The summed E-state index contributed by atoms with van der Waals surface area (Å²) < 4.78 is 0. The molecular formula is C17H26N2. The largest absolute Gasteiger partial charge is 0.329 e. The van der Waals surface area contributed by atoms with Gasteiger partial charge in [0.15, 0.2) is 0 Å². The van der Waals surface area contributed by atoms with Gasteiger partial charge in [0.25, 0.3) is 0 Å². The van der Waals surface area contributed by atoms with Gasteiger partial charge in [-0.25, -0.2) is 0 Å². The maximum Gasteiger partial charge on any atom is 0.0265 e. The van der Waals surface area contributed by atoms with Gasteiger partial charge >= 0.3 is 0 Å². The number of nitrogens with two attached hydrogens (primary N) is 1. The van der Waals surface area contributed by atoms with Crippen LogP contribution in [0, 0.1) is 0 Å². The molecule has 2 N–H and O–H groups in total. The second-order valence-corrected chi connectivity index (χ2v) is 6.18. The lowest BCUT2D eigenvalue weighted by Crippen LogP contribution is -2.49. The fourth-order valence-electron chi connectivity index (χ4n) is 3.84. The van der Waals surface area contributed by atoms with E-state index in [0.717, 1.165) is 25.6 Å². The summed E-state index contributed by atoms with van der Waals surface area (Å²) in [7, 11) is 0.